The maximum atomic E-state index is 12.2. The zero-order chi connectivity index (χ0) is 12.3. The molecule has 0 saturated carbocycles. The second kappa shape index (κ2) is 5.32. The van der Waals surface area contributed by atoms with Gasteiger partial charge in [0.15, 0.2) is 0 Å². The molecule has 3 heteroatoms. The molecule has 2 rings (SSSR count). The summed E-state index contributed by atoms with van der Waals surface area (Å²) >= 11 is 0. The van der Waals surface area contributed by atoms with Gasteiger partial charge in [-0.3, -0.25) is 4.79 Å². The SMILES string of the molecule is CCN(CC)C(=O)c1ccc2c(c1)CNCC2. The molecular formula is C14H20N2O. The van der Waals surface area contributed by atoms with Gasteiger partial charge < -0.3 is 10.2 Å². The number of carbonyl (C=O) groups is 1. The van der Waals surface area contributed by atoms with Gasteiger partial charge in [0.1, 0.15) is 0 Å². The number of amides is 1. The van der Waals surface area contributed by atoms with E-state index in [0.29, 0.717) is 0 Å². The van der Waals surface area contributed by atoms with Crippen molar-refractivity contribution in [2.75, 3.05) is 19.6 Å². The number of nitrogens with zero attached hydrogens (tertiary/aromatic N) is 1. The minimum absolute atomic E-state index is 0.142. The molecule has 1 N–H and O–H groups in total. The minimum Gasteiger partial charge on any atom is -0.339 e. The lowest BCUT2D eigenvalue weighted by Crippen LogP contribution is -2.31. The normalized spacial score (nSPS) is 14.2. The predicted molar refractivity (Wildman–Crippen MR) is 69.1 cm³/mol. The molecular weight excluding hydrogens is 212 g/mol. The Morgan fingerprint density at radius 2 is 2.06 bits per heavy atom. The van der Waals surface area contributed by atoms with Crippen LogP contribution in [-0.2, 0) is 13.0 Å². The molecule has 1 aromatic carbocycles. The quantitative estimate of drug-likeness (QED) is 0.862. The number of hydrogen-bond donors (Lipinski definition) is 1. The third kappa shape index (κ3) is 2.50. The highest BCUT2D eigenvalue weighted by molar-refractivity contribution is 5.94. The molecule has 1 aliphatic heterocycles. The van der Waals surface area contributed by atoms with Crippen LogP contribution in [0.15, 0.2) is 18.2 Å². The van der Waals surface area contributed by atoms with E-state index in [1.807, 2.05) is 30.9 Å². The van der Waals surface area contributed by atoms with E-state index < -0.39 is 0 Å². The van der Waals surface area contributed by atoms with Gasteiger partial charge in [-0.25, -0.2) is 0 Å². The lowest BCUT2D eigenvalue weighted by atomic mass is 9.98. The van der Waals surface area contributed by atoms with Crippen LogP contribution in [0.3, 0.4) is 0 Å². The molecule has 1 aliphatic rings. The number of benzene rings is 1. The fourth-order valence-corrected chi connectivity index (χ4v) is 2.31. The first-order valence-electron chi connectivity index (χ1n) is 6.38. The molecule has 0 aromatic heterocycles. The van der Waals surface area contributed by atoms with Crippen molar-refractivity contribution in [2.45, 2.75) is 26.8 Å². The number of fused-ring (bicyclic) bond motifs is 1. The summed E-state index contributed by atoms with van der Waals surface area (Å²) in [5.41, 5.74) is 3.46. The second-order valence-electron chi connectivity index (χ2n) is 4.39. The summed E-state index contributed by atoms with van der Waals surface area (Å²) in [7, 11) is 0. The van der Waals surface area contributed by atoms with E-state index in [1.54, 1.807) is 0 Å². The van der Waals surface area contributed by atoms with Crippen LogP contribution < -0.4 is 5.32 Å². The lowest BCUT2D eigenvalue weighted by molar-refractivity contribution is 0.0773. The van der Waals surface area contributed by atoms with Crippen molar-refractivity contribution in [3.8, 4) is 0 Å². The molecule has 0 fully saturated rings. The molecule has 0 spiro atoms. The third-order valence-electron chi connectivity index (χ3n) is 3.39. The van der Waals surface area contributed by atoms with Crippen molar-refractivity contribution >= 4 is 5.91 Å². The highest BCUT2D eigenvalue weighted by atomic mass is 16.2. The summed E-state index contributed by atoms with van der Waals surface area (Å²) in [6, 6.07) is 6.11. The standard InChI is InChI=1S/C14H20N2O/c1-3-16(4-2)14(17)12-6-5-11-7-8-15-10-13(11)9-12/h5-6,9,15H,3-4,7-8,10H2,1-2H3. The van der Waals surface area contributed by atoms with Crippen molar-refractivity contribution in [3.05, 3.63) is 34.9 Å². The van der Waals surface area contributed by atoms with Gasteiger partial charge in [-0.1, -0.05) is 6.07 Å². The second-order valence-corrected chi connectivity index (χ2v) is 4.39. The van der Waals surface area contributed by atoms with E-state index >= 15 is 0 Å². The number of rotatable bonds is 3. The van der Waals surface area contributed by atoms with Gasteiger partial charge in [-0.15, -0.1) is 0 Å². The highest BCUT2D eigenvalue weighted by Gasteiger charge is 2.15. The summed E-state index contributed by atoms with van der Waals surface area (Å²) in [6.07, 6.45) is 1.06. The van der Waals surface area contributed by atoms with Crippen molar-refractivity contribution in [3.63, 3.8) is 0 Å². The molecule has 1 aromatic rings. The Balaban J connectivity index is 2.24. The van der Waals surface area contributed by atoms with Crippen molar-refractivity contribution in [2.24, 2.45) is 0 Å². The summed E-state index contributed by atoms with van der Waals surface area (Å²) in [4.78, 5) is 14.1. The zero-order valence-corrected chi connectivity index (χ0v) is 10.6. The fourth-order valence-electron chi connectivity index (χ4n) is 2.31. The molecule has 0 radical (unpaired) electrons. The maximum absolute atomic E-state index is 12.2. The first-order valence-corrected chi connectivity index (χ1v) is 6.38. The van der Waals surface area contributed by atoms with E-state index in [9.17, 15) is 4.79 Å². The van der Waals surface area contributed by atoms with Gasteiger partial charge in [-0.2, -0.15) is 0 Å². The van der Waals surface area contributed by atoms with Crippen molar-refractivity contribution in [1.82, 2.24) is 10.2 Å². The lowest BCUT2D eigenvalue weighted by Gasteiger charge is -2.21. The Morgan fingerprint density at radius 3 is 2.76 bits per heavy atom. The Hall–Kier alpha value is -1.35. The molecule has 3 nitrogen and oxygen atoms in total. The molecule has 0 aliphatic carbocycles. The van der Waals surface area contributed by atoms with E-state index in [4.69, 9.17) is 0 Å². The number of hydrogen-bond acceptors (Lipinski definition) is 2. The Morgan fingerprint density at radius 1 is 1.29 bits per heavy atom. The van der Waals surface area contributed by atoms with Crippen LogP contribution >= 0.6 is 0 Å². The molecule has 0 bridgehead atoms. The van der Waals surface area contributed by atoms with Gasteiger partial charge in [0, 0.05) is 25.2 Å². The Labute approximate surface area is 103 Å². The smallest absolute Gasteiger partial charge is 0.253 e. The van der Waals surface area contributed by atoms with Crippen LogP contribution in [0, 0.1) is 0 Å². The van der Waals surface area contributed by atoms with Gasteiger partial charge in [0.05, 0.1) is 0 Å². The van der Waals surface area contributed by atoms with Crippen LogP contribution in [0.25, 0.3) is 0 Å². The van der Waals surface area contributed by atoms with Crippen LogP contribution in [0.5, 0.6) is 0 Å². The van der Waals surface area contributed by atoms with Crippen molar-refractivity contribution < 1.29 is 4.79 Å². The predicted octanol–water partition coefficient (Wildman–Crippen LogP) is 1.81. The highest BCUT2D eigenvalue weighted by Crippen LogP contribution is 2.17. The van der Waals surface area contributed by atoms with Gasteiger partial charge >= 0.3 is 0 Å². The molecule has 0 unspecified atom stereocenters. The van der Waals surface area contributed by atoms with Crippen LogP contribution in [0.2, 0.25) is 0 Å². The number of nitrogens with one attached hydrogen (secondary N) is 1. The van der Waals surface area contributed by atoms with Crippen LogP contribution in [0.4, 0.5) is 0 Å². The molecule has 1 amide bonds. The number of carbonyl (C=O) groups excluding carboxylic acids is 1. The first-order chi connectivity index (χ1) is 8.26. The summed E-state index contributed by atoms with van der Waals surface area (Å²) < 4.78 is 0. The molecule has 1 heterocycles. The average molecular weight is 232 g/mol. The molecule has 92 valence electrons. The van der Waals surface area contributed by atoms with E-state index in [-0.39, 0.29) is 5.91 Å². The topological polar surface area (TPSA) is 32.3 Å². The fraction of sp³-hybridized carbons (Fsp3) is 0.500. The van der Waals surface area contributed by atoms with Gasteiger partial charge in [-0.05, 0) is 50.1 Å². The zero-order valence-electron chi connectivity index (χ0n) is 10.6. The van der Waals surface area contributed by atoms with Crippen LogP contribution in [-0.4, -0.2) is 30.4 Å². The van der Waals surface area contributed by atoms with E-state index in [0.717, 1.165) is 38.2 Å². The van der Waals surface area contributed by atoms with Gasteiger partial charge in [0.25, 0.3) is 5.91 Å². The van der Waals surface area contributed by atoms with Gasteiger partial charge in [0.2, 0.25) is 0 Å². The molecule has 0 saturated heterocycles. The third-order valence-corrected chi connectivity index (χ3v) is 3.39. The van der Waals surface area contributed by atoms with E-state index in [1.165, 1.54) is 11.1 Å². The van der Waals surface area contributed by atoms with Crippen molar-refractivity contribution in [1.29, 1.82) is 0 Å². The van der Waals surface area contributed by atoms with E-state index in [2.05, 4.69) is 11.4 Å². The Kier molecular flexibility index (Phi) is 3.79. The summed E-state index contributed by atoms with van der Waals surface area (Å²) in [5.74, 6) is 0.142. The summed E-state index contributed by atoms with van der Waals surface area (Å²) in [6.45, 7) is 7.49. The molecule has 17 heavy (non-hydrogen) atoms. The Bertz CT molecular complexity index is 411. The largest absolute Gasteiger partial charge is 0.339 e. The molecule has 0 atom stereocenters. The average Bonchev–Trinajstić information content (AvgIpc) is 2.39. The van der Waals surface area contributed by atoms with Crippen LogP contribution in [0.1, 0.15) is 35.3 Å². The minimum atomic E-state index is 0.142. The maximum Gasteiger partial charge on any atom is 0.253 e. The summed E-state index contributed by atoms with van der Waals surface area (Å²) in [5, 5.41) is 3.34. The first kappa shape index (κ1) is 12.1. The monoisotopic (exact) mass is 232 g/mol.